The minimum absolute atomic E-state index is 0.0299. The Kier molecular flexibility index (Phi) is 7.08. The van der Waals surface area contributed by atoms with Crippen molar-refractivity contribution >= 4 is 40.3 Å². The van der Waals surface area contributed by atoms with Crippen molar-refractivity contribution in [3.8, 4) is 5.75 Å². The number of benzene rings is 2. The Balaban J connectivity index is 1.39. The van der Waals surface area contributed by atoms with Gasteiger partial charge < -0.3 is 14.6 Å². The summed E-state index contributed by atoms with van der Waals surface area (Å²) in [4.78, 5) is 57.7. The van der Waals surface area contributed by atoms with Crippen LogP contribution in [0.3, 0.4) is 0 Å². The third-order valence-corrected chi connectivity index (χ3v) is 7.39. The Bertz CT molecular complexity index is 1320. The number of H-pyrrole nitrogens is 1. The first-order valence-corrected chi connectivity index (χ1v) is 12.9. The highest BCUT2D eigenvalue weighted by Crippen LogP contribution is 2.31. The fourth-order valence-corrected chi connectivity index (χ4v) is 5.54. The van der Waals surface area contributed by atoms with Crippen LogP contribution < -0.4 is 9.64 Å². The number of imide groups is 1. The molecule has 1 aliphatic carbocycles. The lowest BCUT2D eigenvalue weighted by molar-refractivity contribution is -0.142. The molecule has 0 spiro atoms. The molecule has 37 heavy (non-hydrogen) atoms. The molecule has 3 amide bonds. The number of ether oxygens (including phenoxy) is 1. The highest BCUT2D eigenvalue weighted by atomic mass is 16.5. The van der Waals surface area contributed by atoms with E-state index in [0.29, 0.717) is 24.4 Å². The van der Waals surface area contributed by atoms with E-state index in [1.807, 2.05) is 30.5 Å². The maximum absolute atomic E-state index is 13.7. The Labute approximate surface area is 215 Å². The molecule has 2 fully saturated rings. The molecule has 3 aromatic rings. The van der Waals surface area contributed by atoms with Gasteiger partial charge in [-0.15, -0.1) is 0 Å². The van der Waals surface area contributed by atoms with Crippen molar-refractivity contribution in [1.29, 1.82) is 0 Å². The molecule has 0 radical (unpaired) electrons. The summed E-state index contributed by atoms with van der Waals surface area (Å²) in [5, 5.41) is 1.09. The van der Waals surface area contributed by atoms with E-state index >= 15 is 0 Å². The number of amides is 3. The predicted octanol–water partition coefficient (Wildman–Crippen LogP) is 4.38. The Hall–Kier alpha value is -3.94. The smallest absolute Gasteiger partial charge is 0.308 e. The van der Waals surface area contributed by atoms with Gasteiger partial charge in [0.05, 0.1) is 12.1 Å². The molecule has 5 rings (SSSR count). The molecule has 1 saturated carbocycles. The molecule has 2 aliphatic rings. The molecule has 8 heteroatoms. The van der Waals surface area contributed by atoms with Gasteiger partial charge in [-0.1, -0.05) is 37.5 Å². The minimum atomic E-state index is -0.833. The Morgan fingerprint density at radius 3 is 2.49 bits per heavy atom. The molecule has 8 nitrogen and oxygen atoms in total. The summed E-state index contributed by atoms with van der Waals surface area (Å²) in [6, 6.07) is 13.4. The number of esters is 1. The van der Waals surface area contributed by atoms with Gasteiger partial charge in [-0.2, -0.15) is 0 Å². The lowest BCUT2D eigenvalue weighted by Gasteiger charge is -2.32. The number of anilines is 1. The van der Waals surface area contributed by atoms with Crippen LogP contribution >= 0.6 is 0 Å². The van der Waals surface area contributed by atoms with Crippen LogP contribution in [-0.2, 0) is 25.6 Å². The monoisotopic (exact) mass is 501 g/mol. The first-order valence-electron chi connectivity index (χ1n) is 12.9. The third-order valence-electron chi connectivity index (χ3n) is 7.39. The molecule has 192 valence electrons. The van der Waals surface area contributed by atoms with Crippen molar-refractivity contribution in [3.63, 3.8) is 0 Å². The maximum atomic E-state index is 13.7. The Morgan fingerprint density at radius 2 is 1.76 bits per heavy atom. The average molecular weight is 502 g/mol. The summed E-state index contributed by atoms with van der Waals surface area (Å²) in [5.74, 6) is -1.00. The summed E-state index contributed by atoms with van der Waals surface area (Å²) in [7, 11) is 0. The number of aromatic amines is 1. The molecule has 1 atom stereocenters. The third kappa shape index (κ3) is 5.14. The zero-order valence-corrected chi connectivity index (χ0v) is 20.9. The van der Waals surface area contributed by atoms with Crippen molar-refractivity contribution in [2.75, 3.05) is 11.4 Å². The topological polar surface area (TPSA) is 99.8 Å². The van der Waals surface area contributed by atoms with Crippen molar-refractivity contribution in [3.05, 3.63) is 60.3 Å². The summed E-state index contributed by atoms with van der Waals surface area (Å²) in [6.07, 6.45) is 7.26. The van der Waals surface area contributed by atoms with Crippen LogP contribution in [0.2, 0.25) is 0 Å². The number of para-hydroxylation sites is 1. The van der Waals surface area contributed by atoms with Crippen LogP contribution in [0.15, 0.2) is 54.7 Å². The first kappa shape index (κ1) is 24.7. The van der Waals surface area contributed by atoms with Gasteiger partial charge in [0.1, 0.15) is 11.8 Å². The molecule has 1 aliphatic heterocycles. The molecule has 1 aromatic heterocycles. The lowest BCUT2D eigenvalue weighted by atomic mass is 9.87. The van der Waals surface area contributed by atoms with Gasteiger partial charge in [-0.25, -0.2) is 4.90 Å². The quantitative estimate of drug-likeness (QED) is 0.294. The van der Waals surface area contributed by atoms with E-state index in [2.05, 4.69) is 4.98 Å². The number of fused-ring (bicyclic) bond motifs is 1. The summed E-state index contributed by atoms with van der Waals surface area (Å²) in [5.41, 5.74) is 2.50. The van der Waals surface area contributed by atoms with Gasteiger partial charge in [0.25, 0.3) is 5.91 Å². The van der Waals surface area contributed by atoms with Crippen molar-refractivity contribution in [2.24, 2.45) is 5.92 Å². The summed E-state index contributed by atoms with van der Waals surface area (Å²) < 4.78 is 5.06. The van der Waals surface area contributed by atoms with Gasteiger partial charge >= 0.3 is 5.97 Å². The standard InChI is InChI=1S/C29H31N3O5/c1-19(33)37-23-13-11-22(12-14-23)32-27(34)17-26(29(32)36)31(28(35)20-7-3-2-4-8-20)16-15-21-18-30-25-10-6-5-9-24(21)25/h5-6,9-14,18,20,26,30H,2-4,7-8,15-17H2,1H3. The molecule has 0 bridgehead atoms. The number of aromatic nitrogens is 1. The van der Waals surface area contributed by atoms with Crippen molar-refractivity contribution in [2.45, 2.75) is 57.9 Å². The van der Waals surface area contributed by atoms with E-state index in [4.69, 9.17) is 4.74 Å². The van der Waals surface area contributed by atoms with Crippen LogP contribution in [0.25, 0.3) is 10.9 Å². The van der Waals surface area contributed by atoms with E-state index in [1.54, 1.807) is 29.2 Å². The van der Waals surface area contributed by atoms with Gasteiger partial charge in [0.15, 0.2) is 0 Å². The summed E-state index contributed by atoms with van der Waals surface area (Å²) in [6.45, 7) is 1.67. The van der Waals surface area contributed by atoms with Gasteiger partial charge in [0.2, 0.25) is 11.8 Å². The van der Waals surface area contributed by atoms with Gasteiger partial charge in [-0.05, 0) is 55.2 Å². The predicted molar refractivity (Wildman–Crippen MR) is 139 cm³/mol. The molecular weight excluding hydrogens is 470 g/mol. The molecule has 1 saturated heterocycles. The number of carbonyl (C=O) groups excluding carboxylic acids is 4. The van der Waals surface area contributed by atoms with Crippen LogP contribution in [0.5, 0.6) is 5.75 Å². The van der Waals surface area contributed by atoms with Crippen molar-refractivity contribution < 1.29 is 23.9 Å². The Morgan fingerprint density at radius 1 is 1.03 bits per heavy atom. The van der Waals surface area contributed by atoms with E-state index in [-0.39, 0.29) is 24.2 Å². The number of rotatable bonds is 7. The number of nitrogens with zero attached hydrogens (tertiary/aromatic N) is 2. The van der Waals surface area contributed by atoms with Gasteiger partial charge in [-0.3, -0.25) is 19.2 Å². The van der Waals surface area contributed by atoms with Gasteiger partial charge in [0, 0.05) is 36.5 Å². The molecule has 2 aromatic carbocycles. The van der Waals surface area contributed by atoms with E-state index < -0.39 is 17.9 Å². The van der Waals surface area contributed by atoms with Crippen LogP contribution in [0, 0.1) is 5.92 Å². The minimum Gasteiger partial charge on any atom is -0.427 e. The number of hydrogen-bond donors (Lipinski definition) is 1. The van der Waals surface area contributed by atoms with E-state index in [1.165, 1.54) is 6.92 Å². The largest absolute Gasteiger partial charge is 0.427 e. The maximum Gasteiger partial charge on any atom is 0.308 e. The normalized spacial score (nSPS) is 18.4. The SMILES string of the molecule is CC(=O)Oc1ccc(N2C(=O)CC(N(CCc3c[nH]c4ccccc34)C(=O)C3CCCCC3)C2=O)cc1. The zero-order valence-electron chi connectivity index (χ0n) is 20.9. The molecule has 2 heterocycles. The molecule has 1 N–H and O–H groups in total. The fourth-order valence-electron chi connectivity index (χ4n) is 5.54. The highest BCUT2D eigenvalue weighted by Gasteiger charge is 2.45. The zero-order chi connectivity index (χ0) is 25.9. The number of hydrogen-bond acceptors (Lipinski definition) is 5. The second-order valence-corrected chi connectivity index (χ2v) is 9.85. The van der Waals surface area contributed by atoms with Crippen molar-refractivity contribution in [1.82, 2.24) is 9.88 Å². The lowest BCUT2D eigenvalue weighted by Crippen LogP contribution is -2.48. The number of nitrogens with one attached hydrogen (secondary N) is 1. The second-order valence-electron chi connectivity index (χ2n) is 9.85. The number of carbonyl (C=O) groups is 4. The fraction of sp³-hybridized carbons (Fsp3) is 0.379. The first-order chi connectivity index (χ1) is 17.9. The second kappa shape index (κ2) is 10.6. The van der Waals surface area contributed by atoms with Crippen LogP contribution in [0.1, 0.15) is 51.0 Å². The van der Waals surface area contributed by atoms with Crippen LogP contribution in [-0.4, -0.2) is 46.2 Å². The molecular formula is C29H31N3O5. The van der Waals surface area contributed by atoms with Crippen LogP contribution in [0.4, 0.5) is 5.69 Å². The van der Waals surface area contributed by atoms with E-state index in [0.717, 1.165) is 53.5 Å². The van der Waals surface area contributed by atoms with E-state index in [9.17, 15) is 19.2 Å². The highest BCUT2D eigenvalue weighted by molar-refractivity contribution is 6.23. The molecule has 1 unspecified atom stereocenters. The summed E-state index contributed by atoms with van der Waals surface area (Å²) >= 11 is 0. The average Bonchev–Trinajstić information content (AvgIpc) is 3.45.